The number of nitrogens with one attached hydrogen (secondary N) is 1. The highest BCUT2D eigenvalue weighted by molar-refractivity contribution is 5.97. The lowest BCUT2D eigenvalue weighted by Crippen LogP contribution is -2.35. The number of aromatic nitrogens is 1. The molecule has 0 saturated heterocycles. The van der Waals surface area contributed by atoms with Gasteiger partial charge in [-0.15, -0.1) is 0 Å². The molecule has 1 rings (SSSR count). The average Bonchev–Trinajstić information content (AvgIpc) is 2.41. The second kappa shape index (κ2) is 7.04. The fourth-order valence-corrected chi connectivity index (χ4v) is 2.43. The van der Waals surface area contributed by atoms with Gasteiger partial charge < -0.3 is 5.32 Å². The van der Waals surface area contributed by atoms with E-state index < -0.39 is 5.41 Å². The minimum Gasteiger partial charge on any atom is -0.323 e. The third-order valence-corrected chi connectivity index (χ3v) is 3.48. The smallest absolute Gasteiger partial charge is 0.244 e. The maximum atomic E-state index is 12.5. The van der Waals surface area contributed by atoms with Crippen LogP contribution in [0.5, 0.6) is 0 Å². The topological polar surface area (TPSA) is 65.8 Å². The van der Waals surface area contributed by atoms with Crippen molar-refractivity contribution >= 4 is 11.6 Å². The molecule has 4 nitrogen and oxygen atoms in total. The van der Waals surface area contributed by atoms with Crippen LogP contribution in [0.2, 0.25) is 0 Å². The molecule has 0 saturated carbocycles. The number of hydrogen-bond donors (Lipinski definition) is 1. The molecular weight excluding hydrogens is 250 g/mol. The van der Waals surface area contributed by atoms with Crippen LogP contribution in [0, 0.1) is 30.6 Å². The predicted molar refractivity (Wildman–Crippen MR) is 80.2 cm³/mol. The summed E-state index contributed by atoms with van der Waals surface area (Å²) >= 11 is 0. The number of carbonyl (C=O) groups is 1. The number of carbonyl (C=O) groups excluding carboxylic acids is 1. The van der Waals surface area contributed by atoms with Crippen LogP contribution in [0.4, 0.5) is 5.69 Å². The Morgan fingerprint density at radius 1 is 1.30 bits per heavy atom. The average molecular weight is 273 g/mol. The first-order chi connectivity index (χ1) is 9.49. The van der Waals surface area contributed by atoms with E-state index in [-0.39, 0.29) is 5.91 Å². The number of anilines is 1. The second-order valence-corrected chi connectivity index (χ2v) is 5.23. The van der Waals surface area contributed by atoms with Crippen molar-refractivity contribution in [1.82, 2.24) is 4.98 Å². The first-order valence-corrected chi connectivity index (χ1v) is 7.16. The van der Waals surface area contributed by atoms with Gasteiger partial charge in [-0.25, -0.2) is 0 Å². The van der Waals surface area contributed by atoms with Gasteiger partial charge in [0.1, 0.15) is 5.41 Å². The Hall–Kier alpha value is -1.89. The summed E-state index contributed by atoms with van der Waals surface area (Å²) < 4.78 is 0. The summed E-state index contributed by atoms with van der Waals surface area (Å²) in [6.45, 7) is 7.75. The highest BCUT2D eigenvalue weighted by Gasteiger charge is 2.37. The molecule has 4 heteroatoms. The molecule has 0 bridgehead atoms. The van der Waals surface area contributed by atoms with Crippen LogP contribution in [0.3, 0.4) is 0 Å². The molecule has 0 aliphatic rings. The molecule has 0 spiro atoms. The summed E-state index contributed by atoms with van der Waals surface area (Å²) in [5.74, 6) is -0.211. The summed E-state index contributed by atoms with van der Waals surface area (Å²) in [6.07, 6.45) is 2.79. The van der Waals surface area contributed by atoms with Crippen LogP contribution < -0.4 is 5.32 Å². The van der Waals surface area contributed by atoms with Crippen LogP contribution in [0.25, 0.3) is 0 Å². The van der Waals surface area contributed by atoms with E-state index in [0.29, 0.717) is 18.5 Å². The standard InChI is InChI=1S/C16H23N3O/c1-5-9-16(11-17,10-6-2)15(20)19-14-8-7-12(3)18-13(14)4/h7-8H,5-6,9-10H2,1-4H3,(H,19,20). The van der Waals surface area contributed by atoms with E-state index in [2.05, 4.69) is 16.4 Å². The van der Waals surface area contributed by atoms with Gasteiger partial charge in [-0.3, -0.25) is 9.78 Å². The second-order valence-electron chi connectivity index (χ2n) is 5.23. The van der Waals surface area contributed by atoms with Gasteiger partial charge in [0.2, 0.25) is 5.91 Å². The molecule has 0 aliphatic carbocycles. The lowest BCUT2D eigenvalue weighted by atomic mass is 9.79. The minimum absolute atomic E-state index is 0.211. The summed E-state index contributed by atoms with van der Waals surface area (Å²) in [7, 11) is 0. The van der Waals surface area contributed by atoms with Crippen LogP contribution in [-0.4, -0.2) is 10.9 Å². The Labute approximate surface area is 121 Å². The Morgan fingerprint density at radius 2 is 1.90 bits per heavy atom. The van der Waals surface area contributed by atoms with E-state index >= 15 is 0 Å². The van der Waals surface area contributed by atoms with Crippen molar-refractivity contribution in [3.05, 3.63) is 23.5 Å². The Bertz CT molecular complexity index is 511. The van der Waals surface area contributed by atoms with Gasteiger partial charge in [-0.2, -0.15) is 5.26 Å². The fraction of sp³-hybridized carbons (Fsp3) is 0.562. The molecular formula is C16H23N3O. The van der Waals surface area contributed by atoms with E-state index in [9.17, 15) is 10.1 Å². The Balaban J connectivity index is 2.99. The van der Waals surface area contributed by atoms with Gasteiger partial charge >= 0.3 is 0 Å². The van der Waals surface area contributed by atoms with Crippen molar-refractivity contribution in [2.45, 2.75) is 53.4 Å². The van der Waals surface area contributed by atoms with E-state index in [1.165, 1.54) is 0 Å². The largest absolute Gasteiger partial charge is 0.323 e. The number of nitriles is 1. The zero-order valence-corrected chi connectivity index (χ0v) is 12.8. The zero-order chi connectivity index (χ0) is 15.2. The SMILES string of the molecule is CCCC(C#N)(CCC)C(=O)Nc1ccc(C)nc1C. The number of hydrogen-bond acceptors (Lipinski definition) is 3. The summed E-state index contributed by atoms with van der Waals surface area (Å²) in [6, 6.07) is 5.94. The number of nitrogens with zero attached hydrogens (tertiary/aromatic N) is 2. The molecule has 0 aliphatic heterocycles. The maximum Gasteiger partial charge on any atom is 0.244 e. The first kappa shape index (κ1) is 16.2. The molecule has 1 aromatic rings. The van der Waals surface area contributed by atoms with Gasteiger partial charge in [-0.1, -0.05) is 26.7 Å². The molecule has 20 heavy (non-hydrogen) atoms. The zero-order valence-electron chi connectivity index (χ0n) is 12.8. The molecule has 0 aromatic carbocycles. The van der Waals surface area contributed by atoms with Crippen LogP contribution in [-0.2, 0) is 4.79 Å². The fourth-order valence-electron chi connectivity index (χ4n) is 2.43. The number of rotatable bonds is 6. The third-order valence-electron chi connectivity index (χ3n) is 3.48. The number of amides is 1. The number of pyridine rings is 1. The van der Waals surface area contributed by atoms with E-state index in [0.717, 1.165) is 24.2 Å². The molecule has 0 fully saturated rings. The van der Waals surface area contributed by atoms with E-state index in [1.807, 2.05) is 39.8 Å². The van der Waals surface area contributed by atoms with E-state index in [4.69, 9.17) is 0 Å². The van der Waals surface area contributed by atoms with Crippen molar-refractivity contribution in [2.75, 3.05) is 5.32 Å². The summed E-state index contributed by atoms with van der Waals surface area (Å²) in [4.78, 5) is 16.9. The normalized spacial score (nSPS) is 10.9. The lowest BCUT2D eigenvalue weighted by Gasteiger charge is -2.25. The Kier molecular flexibility index (Phi) is 5.69. The van der Waals surface area contributed by atoms with E-state index in [1.54, 1.807) is 0 Å². The lowest BCUT2D eigenvalue weighted by molar-refractivity contribution is -0.123. The van der Waals surface area contributed by atoms with Crippen molar-refractivity contribution in [2.24, 2.45) is 5.41 Å². The van der Waals surface area contributed by atoms with Gasteiger partial charge in [0, 0.05) is 5.69 Å². The molecule has 0 unspecified atom stereocenters. The molecule has 1 amide bonds. The molecule has 1 aromatic heterocycles. The first-order valence-electron chi connectivity index (χ1n) is 7.16. The Morgan fingerprint density at radius 3 is 2.35 bits per heavy atom. The molecule has 108 valence electrons. The van der Waals surface area contributed by atoms with Crippen molar-refractivity contribution in [3.8, 4) is 6.07 Å². The molecule has 0 radical (unpaired) electrons. The quantitative estimate of drug-likeness (QED) is 0.858. The van der Waals surface area contributed by atoms with Crippen LogP contribution in [0.15, 0.2) is 12.1 Å². The third kappa shape index (κ3) is 3.57. The summed E-state index contributed by atoms with van der Waals surface area (Å²) in [5, 5.41) is 12.3. The predicted octanol–water partition coefficient (Wildman–Crippen LogP) is 3.75. The maximum absolute atomic E-state index is 12.5. The highest BCUT2D eigenvalue weighted by atomic mass is 16.2. The van der Waals surface area contributed by atoms with Crippen LogP contribution in [0.1, 0.15) is 50.9 Å². The van der Waals surface area contributed by atoms with Crippen molar-refractivity contribution < 1.29 is 4.79 Å². The van der Waals surface area contributed by atoms with Gasteiger partial charge in [-0.05, 0) is 38.8 Å². The molecule has 1 heterocycles. The monoisotopic (exact) mass is 273 g/mol. The van der Waals surface area contributed by atoms with Crippen LogP contribution >= 0.6 is 0 Å². The van der Waals surface area contributed by atoms with Gasteiger partial charge in [0.05, 0.1) is 17.5 Å². The summed E-state index contributed by atoms with van der Waals surface area (Å²) in [5.41, 5.74) is 1.45. The minimum atomic E-state index is -0.930. The van der Waals surface area contributed by atoms with Gasteiger partial charge in [0.25, 0.3) is 0 Å². The van der Waals surface area contributed by atoms with Gasteiger partial charge in [0.15, 0.2) is 0 Å². The van der Waals surface area contributed by atoms with Crippen molar-refractivity contribution in [1.29, 1.82) is 5.26 Å². The van der Waals surface area contributed by atoms with Crippen molar-refractivity contribution in [3.63, 3.8) is 0 Å². The molecule has 0 atom stereocenters. The highest BCUT2D eigenvalue weighted by Crippen LogP contribution is 2.31. The molecule has 1 N–H and O–H groups in total. The number of aryl methyl sites for hydroxylation is 2.